The highest BCUT2D eigenvalue weighted by molar-refractivity contribution is 8.14. The van der Waals surface area contributed by atoms with E-state index in [0.29, 0.717) is 22.6 Å². The van der Waals surface area contributed by atoms with Crippen LogP contribution in [-0.2, 0) is 23.6 Å². The second-order valence-corrected chi connectivity index (χ2v) is 17.8. The van der Waals surface area contributed by atoms with Crippen LogP contribution in [0.15, 0.2) is 0 Å². The smallest absolute Gasteiger partial charge is 0.0174 e. The highest BCUT2D eigenvalue weighted by atomic mass is 32.4. The lowest BCUT2D eigenvalue weighted by Crippen LogP contribution is -2.31. The van der Waals surface area contributed by atoms with Crippen LogP contribution in [0, 0.1) is 0 Å². The van der Waals surface area contributed by atoms with Gasteiger partial charge in [0.15, 0.2) is 0 Å². The molecule has 0 amide bonds. The first kappa shape index (κ1) is 21.2. The monoisotopic (exact) mass is 356 g/mol. The van der Waals surface area contributed by atoms with E-state index in [1.54, 1.807) is 0 Å². The van der Waals surface area contributed by atoms with E-state index in [2.05, 4.69) is 65.6 Å². The fourth-order valence-corrected chi connectivity index (χ4v) is 7.70. The van der Waals surface area contributed by atoms with Crippen molar-refractivity contribution in [3.8, 4) is 0 Å². The van der Waals surface area contributed by atoms with Crippen LogP contribution in [0.1, 0.15) is 55.4 Å². The molecule has 0 spiro atoms. The molecule has 0 radical (unpaired) electrons. The molecule has 0 saturated heterocycles. The van der Waals surface area contributed by atoms with E-state index in [0.717, 1.165) is 13.1 Å². The SMILES string of the molecule is CC(C)P(=S)(NCCNP(=S)(C(C)C)C(C)C)C(C)C. The predicted molar refractivity (Wildman–Crippen MR) is 105 cm³/mol. The maximum absolute atomic E-state index is 5.91. The molecule has 0 atom stereocenters. The summed E-state index contributed by atoms with van der Waals surface area (Å²) in [5.41, 5.74) is 2.21. The molecule has 6 heteroatoms. The molecule has 0 fully saturated rings. The zero-order chi connectivity index (χ0) is 16.1. The van der Waals surface area contributed by atoms with Crippen molar-refractivity contribution >= 4 is 36.0 Å². The Morgan fingerprint density at radius 3 is 0.950 bits per heavy atom. The maximum atomic E-state index is 5.91. The second-order valence-electron chi connectivity index (χ2n) is 6.61. The van der Waals surface area contributed by atoms with Crippen LogP contribution in [0.4, 0.5) is 0 Å². The van der Waals surface area contributed by atoms with Crippen LogP contribution in [0.3, 0.4) is 0 Å². The molecule has 0 unspecified atom stereocenters. The van der Waals surface area contributed by atoms with Crippen LogP contribution >= 0.6 is 12.4 Å². The van der Waals surface area contributed by atoms with Gasteiger partial charge in [-0.2, -0.15) is 0 Å². The van der Waals surface area contributed by atoms with Crippen LogP contribution in [-0.4, -0.2) is 35.7 Å². The summed E-state index contributed by atoms with van der Waals surface area (Å²) in [6, 6.07) is 0. The minimum Gasteiger partial charge on any atom is -0.287 e. The zero-order valence-corrected chi connectivity index (χ0v) is 17.9. The van der Waals surface area contributed by atoms with E-state index >= 15 is 0 Å². The highest BCUT2D eigenvalue weighted by Gasteiger charge is 2.26. The minimum absolute atomic E-state index is 0.552. The lowest BCUT2D eigenvalue weighted by atomic mass is 10.5. The lowest BCUT2D eigenvalue weighted by Gasteiger charge is -2.34. The summed E-state index contributed by atoms with van der Waals surface area (Å²) < 4.78 is 0. The second kappa shape index (κ2) is 8.75. The van der Waals surface area contributed by atoms with Crippen LogP contribution in [0.2, 0.25) is 0 Å². The average Bonchev–Trinajstić information content (AvgIpc) is 2.32. The molecule has 122 valence electrons. The third kappa shape index (κ3) is 5.45. The maximum Gasteiger partial charge on any atom is 0.0174 e. The van der Waals surface area contributed by atoms with Gasteiger partial charge in [-0.05, 0) is 22.6 Å². The van der Waals surface area contributed by atoms with E-state index in [4.69, 9.17) is 23.6 Å². The van der Waals surface area contributed by atoms with Gasteiger partial charge in [0.25, 0.3) is 0 Å². The molecule has 0 aliphatic carbocycles. The van der Waals surface area contributed by atoms with E-state index < -0.39 is 12.4 Å². The molecule has 2 nitrogen and oxygen atoms in total. The van der Waals surface area contributed by atoms with Gasteiger partial charge in [-0.3, -0.25) is 10.2 Å². The third-order valence-corrected chi connectivity index (χ3v) is 17.3. The summed E-state index contributed by atoms with van der Waals surface area (Å²) >= 11 is 11.8. The Kier molecular flexibility index (Phi) is 9.28. The molecule has 0 aliphatic heterocycles. The molecule has 0 bridgehead atoms. The van der Waals surface area contributed by atoms with Crippen molar-refractivity contribution in [2.45, 2.75) is 78.0 Å². The Bertz CT molecular complexity index is 319. The Morgan fingerprint density at radius 1 is 0.600 bits per heavy atom. The molecule has 0 rings (SSSR count). The molecule has 20 heavy (non-hydrogen) atoms. The van der Waals surface area contributed by atoms with Crippen molar-refractivity contribution in [2.75, 3.05) is 13.1 Å². The van der Waals surface area contributed by atoms with E-state index in [9.17, 15) is 0 Å². The minimum atomic E-state index is -1.47. The van der Waals surface area contributed by atoms with Gasteiger partial charge >= 0.3 is 0 Å². The van der Waals surface area contributed by atoms with E-state index in [-0.39, 0.29) is 0 Å². The van der Waals surface area contributed by atoms with Gasteiger partial charge < -0.3 is 0 Å². The van der Waals surface area contributed by atoms with Crippen LogP contribution in [0.25, 0.3) is 0 Å². The van der Waals surface area contributed by atoms with Gasteiger partial charge in [0.2, 0.25) is 0 Å². The summed E-state index contributed by atoms with van der Waals surface area (Å²) in [6.45, 7) is 19.8. The molecule has 0 aromatic rings. The molecule has 0 aliphatic rings. The fraction of sp³-hybridized carbons (Fsp3) is 1.00. The highest BCUT2D eigenvalue weighted by Crippen LogP contribution is 2.52. The summed E-state index contributed by atoms with van der Waals surface area (Å²) in [7, 11) is 0. The summed E-state index contributed by atoms with van der Waals surface area (Å²) in [4.78, 5) is 0. The Balaban J connectivity index is 4.53. The summed E-state index contributed by atoms with van der Waals surface area (Å²) in [5.74, 6) is 0. The average molecular weight is 357 g/mol. The quantitative estimate of drug-likeness (QED) is 0.466. The van der Waals surface area contributed by atoms with Crippen molar-refractivity contribution in [2.24, 2.45) is 0 Å². The van der Waals surface area contributed by atoms with Gasteiger partial charge in [0.1, 0.15) is 0 Å². The molecular formula is C14H34N2P2S2. The Hall–Kier alpha value is 1.22. The first-order chi connectivity index (χ1) is 8.98. The van der Waals surface area contributed by atoms with Crippen molar-refractivity contribution in [3.63, 3.8) is 0 Å². The zero-order valence-electron chi connectivity index (χ0n) is 14.4. The first-order valence-electron chi connectivity index (χ1n) is 7.67. The fourth-order valence-electron chi connectivity index (χ4n) is 2.38. The van der Waals surface area contributed by atoms with E-state index in [1.165, 1.54) is 0 Å². The molecule has 0 aromatic carbocycles. The van der Waals surface area contributed by atoms with Crippen molar-refractivity contribution < 1.29 is 0 Å². The van der Waals surface area contributed by atoms with Crippen molar-refractivity contribution in [1.29, 1.82) is 0 Å². The van der Waals surface area contributed by atoms with Crippen LogP contribution < -0.4 is 10.2 Å². The van der Waals surface area contributed by atoms with Gasteiger partial charge in [-0.1, -0.05) is 79.0 Å². The van der Waals surface area contributed by atoms with Crippen molar-refractivity contribution in [3.05, 3.63) is 0 Å². The Morgan fingerprint density at radius 2 is 0.800 bits per heavy atom. The van der Waals surface area contributed by atoms with Gasteiger partial charge in [-0.25, -0.2) is 0 Å². The normalized spacial score (nSPS) is 14.0. The molecule has 0 heterocycles. The topological polar surface area (TPSA) is 24.1 Å². The molecular weight excluding hydrogens is 322 g/mol. The van der Waals surface area contributed by atoms with Crippen molar-refractivity contribution in [1.82, 2.24) is 10.2 Å². The van der Waals surface area contributed by atoms with Gasteiger partial charge in [-0.15, -0.1) is 0 Å². The molecule has 0 saturated carbocycles. The van der Waals surface area contributed by atoms with E-state index in [1.807, 2.05) is 0 Å². The van der Waals surface area contributed by atoms with Gasteiger partial charge in [0, 0.05) is 25.5 Å². The third-order valence-electron chi connectivity index (χ3n) is 3.91. The summed E-state index contributed by atoms with van der Waals surface area (Å²) in [5, 5.41) is 7.36. The van der Waals surface area contributed by atoms with Crippen LogP contribution in [0.5, 0.6) is 0 Å². The number of hydrogen-bond donors (Lipinski definition) is 2. The summed E-state index contributed by atoms with van der Waals surface area (Å²) in [6.07, 6.45) is -2.94. The number of rotatable bonds is 9. The predicted octanol–water partition coefficient (Wildman–Crippen LogP) is 4.59. The number of hydrogen-bond acceptors (Lipinski definition) is 2. The van der Waals surface area contributed by atoms with Gasteiger partial charge in [0.05, 0.1) is 0 Å². The number of nitrogens with one attached hydrogen (secondary N) is 2. The first-order valence-corrected chi connectivity index (χ1v) is 13.6. The lowest BCUT2D eigenvalue weighted by molar-refractivity contribution is 0.812. The standard InChI is InChI=1S/C14H34N2P2S2/c1-11(2)17(19,12(3)4)15-9-10-16-18(20,13(5)6)14(7)8/h11-14H,9-10H2,1-8H3,(H,15,19)(H,16,20). The largest absolute Gasteiger partial charge is 0.287 e. The molecule has 0 aromatic heterocycles. The molecule has 2 N–H and O–H groups in total. The Labute approximate surface area is 137 Å².